The van der Waals surface area contributed by atoms with Gasteiger partial charge in [-0.15, -0.1) is 22.7 Å². The maximum atomic E-state index is 13.0. The first-order chi connectivity index (χ1) is 10.7. The number of hydrogen-bond donors (Lipinski definition) is 0. The standard InChI is InChI=1S/C16H16ClNO2S2/c17-13-2-1-12(22-13)16(19)18-6-3-10-5-8-21-15(10)14(18)11-4-7-20-9-11/h1-2,5,8,11,14H,3-4,6-7,9H2. The lowest BCUT2D eigenvalue weighted by Crippen LogP contribution is -2.42. The van der Waals surface area contributed by atoms with Crippen LogP contribution in [0.4, 0.5) is 0 Å². The minimum absolute atomic E-state index is 0.104. The van der Waals surface area contributed by atoms with Gasteiger partial charge in [0.1, 0.15) is 0 Å². The van der Waals surface area contributed by atoms with Crippen LogP contribution in [0.1, 0.15) is 32.6 Å². The Hall–Kier alpha value is -0.880. The SMILES string of the molecule is O=C(c1ccc(Cl)s1)N1CCc2ccsc2C1C1CCOC1. The Morgan fingerprint density at radius 1 is 1.36 bits per heavy atom. The van der Waals surface area contributed by atoms with Gasteiger partial charge in [0.05, 0.1) is 21.9 Å². The van der Waals surface area contributed by atoms with E-state index in [1.54, 1.807) is 17.4 Å². The van der Waals surface area contributed by atoms with Crippen molar-refractivity contribution in [3.63, 3.8) is 0 Å². The van der Waals surface area contributed by atoms with Crippen molar-refractivity contribution in [2.24, 2.45) is 5.92 Å². The lowest BCUT2D eigenvalue weighted by molar-refractivity contribution is 0.0574. The van der Waals surface area contributed by atoms with Crippen LogP contribution in [-0.4, -0.2) is 30.6 Å². The molecule has 2 unspecified atom stereocenters. The van der Waals surface area contributed by atoms with Crippen LogP contribution in [0, 0.1) is 5.92 Å². The smallest absolute Gasteiger partial charge is 0.264 e. The molecule has 0 radical (unpaired) electrons. The third kappa shape index (κ3) is 2.50. The lowest BCUT2D eigenvalue weighted by Gasteiger charge is -2.38. The molecule has 4 heterocycles. The van der Waals surface area contributed by atoms with E-state index in [1.807, 2.05) is 11.0 Å². The largest absolute Gasteiger partial charge is 0.381 e. The first-order valence-electron chi connectivity index (χ1n) is 7.44. The Morgan fingerprint density at radius 2 is 2.27 bits per heavy atom. The molecule has 1 saturated heterocycles. The topological polar surface area (TPSA) is 29.5 Å². The zero-order valence-corrected chi connectivity index (χ0v) is 14.3. The second kappa shape index (κ2) is 5.96. The molecule has 2 aromatic heterocycles. The van der Waals surface area contributed by atoms with Gasteiger partial charge in [0.2, 0.25) is 0 Å². The molecule has 1 fully saturated rings. The molecular weight excluding hydrogens is 338 g/mol. The maximum Gasteiger partial charge on any atom is 0.264 e. The highest BCUT2D eigenvalue weighted by Gasteiger charge is 2.39. The number of hydrogen-bond acceptors (Lipinski definition) is 4. The van der Waals surface area contributed by atoms with Gasteiger partial charge in [0, 0.05) is 23.9 Å². The highest BCUT2D eigenvalue weighted by atomic mass is 35.5. The minimum atomic E-state index is 0.104. The number of carbonyl (C=O) groups excluding carboxylic acids is 1. The van der Waals surface area contributed by atoms with Crippen LogP contribution in [0.15, 0.2) is 23.6 Å². The fraction of sp³-hybridized carbons (Fsp3) is 0.438. The molecule has 0 spiro atoms. The zero-order valence-electron chi connectivity index (χ0n) is 12.0. The second-order valence-electron chi connectivity index (χ2n) is 5.73. The quantitative estimate of drug-likeness (QED) is 0.808. The fourth-order valence-electron chi connectivity index (χ4n) is 3.40. The van der Waals surface area contributed by atoms with Crippen LogP contribution < -0.4 is 0 Å². The van der Waals surface area contributed by atoms with Gasteiger partial charge < -0.3 is 9.64 Å². The van der Waals surface area contributed by atoms with Crippen LogP contribution in [0.3, 0.4) is 0 Å². The Morgan fingerprint density at radius 3 is 3.00 bits per heavy atom. The molecule has 0 N–H and O–H groups in total. The van der Waals surface area contributed by atoms with E-state index in [9.17, 15) is 4.79 Å². The number of carbonyl (C=O) groups is 1. The van der Waals surface area contributed by atoms with E-state index < -0.39 is 0 Å². The molecule has 2 aliphatic rings. The Bertz CT molecular complexity index is 690. The number of amides is 1. The second-order valence-corrected chi connectivity index (χ2v) is 8.39. The number of nitrogens with zero attached hydrogens (tertiary/aromatic N) is 1. The van der Waals surface area contributed by atoms with Crippen molar-refractivity contribution in [1.82, 2.24) is 4.90 Å². The maximum absolute atomic E-state index is 13.0. The van der Waals surface area contributed by atoms with Crippen molar-refractivity contribution in [2.75, 3.05) is 19.8 Å². The van der Waals surface area contributed by atoms with Crippen LogP contribution in [-0.2, 0) is 11.2 Å². The van der Waals surface area contributed by atoms with Gasteiger partial charge in [0.15, 0.2) is 0 Å². The fourth-order valence-corrected chi connectivity index (χ4v) is 5.56. The number of ether oxygens (including phenoxy) is 1. The summed E-state index contributed by atoms with van der Waals surface area (Å²) in [6.45, 7) is 2.32. The molecule has 22 heavy (non-hydrogen) atoms. The molecule has 0 aromatic carbocycles. The van der Waals surface area contributed by atoms with E-state index in [0.29, 0.717) is 10.3 Å². The summed E-state index contributed by atoms with van der Waals surface area (Å²) in [6.07, 6.45) is 1.96. The van der Waals surface area contributed by atoms with Crippen LogP contribution in [0.2, 0.25) is 4.34 Å². The van der Waals surface area contributed by atoms with E-state index in [1.165, 1.54) is 21.8 Å². The molecule has 2 aromatic rings. The van der Waals surface area contributed by atoms with Gasteiger partial charge in [0.25, 0.3) is 5.91 Å². The van der Waals surface area contributed by atoms with Crippen molar-refractivity contribution in [2.45, 2.75) is 18.9 Å². The van der Waals surface area contributed by atoms with Gasteiger partial charge in [-0.05, 0) is 42.0 Å². The normalized spacial score (nSPS) is 24.5. The molecule has 2 aliphatic heterocycles. The molecular formula is C16H16ClNO2S2. The third-order valence-electron chi connectivity index (χ3n) is 4.46. The highest BCUT2D eigenvalue weighted by molar-refractivity contribution is 7.18. The average molecular weight is 354 g/mol. The van der Waals surface area contributed by atoms with E-state index >= 15 is 0 Å². The molecule has 1 amide bonds. The predicted molar refractivity (Wildman–Crippen MR) is 90.1 cm³/mol. The molecule has 0 aliphatic carbocycles. The Kier molecular flexibility index (Phi) is 3.98. The predicted octanol–water partition coefficient (Wildman–Crippen LogP) is 4.24. The molecule has 4 rings (SSSR count). The molecule has 2 atom stereocenters. The van der Waals surface area contributed by atoms with Gasteiger partial charge in [-0.3, -0.25) is 4.79 Å². The third-order valence-corrected chi connectivity index (χ3v) is 6.71. The minimum Gasteiger partial charge on any atom is -0.381 e. The summed E-state index contributed by atoms with van der Waals surface area (Å²) < 4.78 is 6.25. The number of rotatable bonds is 2. The van der Waals surface area contributed by atoms with Crippen molar-refractivity contribution < 1.29 is 9.53 Å². The van der Waals surface area contributed by atoms with Crippen molar-refractivity contribution in [1.29, 1.82) is 0 Å². The number of fused-ring (bicyclic) bond motifs is 1. The van der Waals surface area contributed by atoms with E-state index in [0.717, 1.165) is 37.5 Å². The molecule has 6 heteroatoms. The first kappa shape index (κ1) is 14.7. The first-order valence-corrected chi connectivity index (χ1v) is 9.52. The monoisotopic (exact) mass is 353 g/mol. The van der Waals surface area contributed by atoms with Crippen LogP contribution in [0.25, 0.3) is 0 Å². The van der Waals surface area contributed by atoms with E-state index in [2.05, 4.69) is 11.4 Å². The molecule has 3 nitrogen and oxygen atoms in total. The Balaban J connectivity index is 1.69. The molecule has 116 valence electrons. The highest BCUT2D eigenvalue weighted by Crippen LogP contribution is 2.42. The van der Waals surface area contributed by atoms with Crippen molar-refractivity contribution >= 4 is 40.2 Å². The van der Waals surface area contributed by atoms with Gasteiger partial charge >= 0.3 is 0 Å². The van der Waals surface area contributed by atoms with E-state index in [-0.39, 0.29) is 11.9 Å². The summed E-state index contributed by atoms with van der Waals surface area (Å²) in [7, 11) is 0. The van der Waals surface area contributed by atoms with Crippen molar-refractivity contribution in [3.05, 3.63) is 43.2 Å². The summed E-state index contributed by atoms with van der Waals surface area (Å²) >= 11 is 9.13. The zero-order chi connectivity index (χ0) is 15.1. The van der Waals surface area contributed by atoms with Crippen LogP contribution >= 0.6 is 34.3 Å². The molecule has 0 saturated carbocycles. The summed E-state index contributed by atoms with van der Waals surface area (Å²) in [4.78, 5) is 17.1. The summed E-state index contributed by atoms with van der Waals surface area (Å²) in [5, 5.41) is 2.14. The van der Waals surface area contributed by atoms with Gasteiger partial charge in [-0.2, -0.15) is 0 Å². The lowest BCUT2D eigenvalue weighted by atomic mass is 9.90. The van der Waals surface area contributed by atoms with Crippen LogP contribution in [0.5, 0.6) is 0 Å². The van der Waals surface area contributed by atoms with Crippen molar-refractivity contribution in [3.8, 4) is 0 Å². The Labute approximate surface area is 142 Å². The van der Waals surface area contributed by atoms with Gasteiger partial charge in [-0.25, -0.2) is 0 Å². The molecule has 0 bridgehead atoms. The van der Waals surface area contributed by atoms with Gasteiger partial charge in [-0.1, -0.05) is 11.6 Å². The summed E-state index contributed by atoms with van der Waals surface area (Å²) in [5.74, 6) is 0.505. The van der Waals surface area contributed by atoms with E-state index in [4.69, 9.17) is 16.3 Å². The summed E-state index contributed by atoms with van der Waals surface area (Å²) in [5.41, 5.74) is 1.40. The number of halogens is 1. The number of thiophene rings is 2. The average Bonchev–Trinajstić information content (AvgIpc) is 3.26. The summed E-state index contributed by atoms with van der Waals surface area (Å²) in [6, 6.07) is 5.99.